The van der Waals surface area contributed by atoms with Crippen molar-refractivity contribution in [3.05, 3.63) is 59.5 Å². The van der Waals surface area contributed by atoms with Crippen molar-refractivity contribution in [2.45, 2.75) is 19.8 Å². The molecule has 1 fully saturated rings. The number of fused-ring (bicyclic) bond motifs is 2. The molecule has 29 heavy (non-hydrogen) atoms. The Morgan fingerprint density at radius 1 is 1.03 bits per heavy atom. The second-order valence-corrected chi connectivity index (χ2v) is 7.73. The van der Waals surface area contributed by atoms with E-state index in [1.807, 2.05) is 46.8 Å². The van der Waals surface area contributed by atoms with Crippen LogP contribution in [-0.2, 0) is 11.2 Å². The van der Waals surface area contributed by atoms with E-state index in [2.05, 4.69) is 27.3 Å². The number of carbonyl (C=O) groups excluding carboxylic acids is 2. The van der Waals surface area contributed by atoms with Crippen molar-refractivity contribution in [2.75, 3.05) is 36.4 Å². The maximum atomic E-state index is 12.9. The van der Waals surface area contributed by atoms with Crippen molar-refractivity contribution in [1.82, 2.24) is 14.3 Å². The van der Waals surface area contributed by atoms with Crippen molar-refractivity contribution in [3.8, 4) is 0 Å². The molecular weight excluding hydrogens is 366 g/mol. The third-order valence-corrected chi connectivity index (χ3v) is 5.73. The number of amides is 2. The molecule has 7 heteroatoms. The number of benzene rings is 1. The van der Waals surface area contributed by atoms with Gasteiger partial charge in [-0.3, -0.25) is 9.59 Å². The smallest absolute Gasteiger partial charge is 0.255 e. The second kappa shape index (κ2) is 6.92. The number of piperazine rings is 1. The zero-order valence-electron chi connectivity index (χ0n) is 16.4. The van der Waals surface area contributed by atoms with E-state index < -0.39 is 0 Å². The van der Waals surface area contributed by atoms with Gasteiger partial charge in [0.2, 0.25) is 5.91 Å². The molecule has 2 aliphatic rings. The summed E-state index contributed by atoms with van der Waals surface area (Å²) in [7, 11) is 0. The standard InChI is InChI=1S/C22H23N5O2/c1-15-13-27-14-17(2-6-20(27)23-15)22(29)26-10-8-25(9-11-26)18-4-5-19-16(12-18)3-7-21(28)24-19/h2,4-6,12-14H,3,7-11H2,1H3,(H,24,28). The van der Waals surface area contributed by atoms with Crippen LogP contribution in [-0.4, -0.2) is 52.3 Å². The summed E-state index contributed by atoms with van der Waals surface area (Å²) in [5.41, 5.74) is 5.74. The number of aryl methyl sites for hydroxylation is 2. The molecule has 1 saturated heterocycles. The van der Waals surface area contributed by atoms with Gasteiger partial charge in [0, 0.05) is 56.4 Å². The van der Waals surface area contributed by atoms with Gasteiger partial charge in [0.25, 0.3) is 5.91 Å². The summed E-state index contributed by atoms with van der Waals surface area (Å²) in [6.07, 6.45) is 5.12. The lowest BCUT2D eigenvalue weighted by Crippen LogP contribution is -2.48. The van der Waals surface area contributed by atoms with Crippen LogP contribution in [0.4, 0.5) is 11.4 Å². The summed E-state index contributed by atoms with van der Waals surface area (Å²) in [4.78, 5) is 33.1. The molecule has 0 spiro atoms. The van der Waals surface area contributed by atoms with E-state index in [9.17, 15) is 9.59 Å². The molecule has 4 heterocycles. The van der Waals surface area contributed by atoms with Gasteiger partial charge in [0.1, 0.15) is 5.65 Å². The summed E-state index contributed by atoms with van der Waals surface area (Å²) in [6, 6.07) is 9.96. The first-order chi connectivity index (χ1) is 14.1. The number of anilines is 2. The van der Waals surface area contributed by atoms with E-state index in [0.29, 0.717) is 25.1 Å². The summed E-state index contributed by atoms with van der Waals surface area (Å²) >= 11 is 0. The highest BCUT2D eigenvalue weighted by molar-refractivity contribution is 5.95. The molecule has 1 aromatic carbocycles. The highest BCUT2D eigenvalue weighted by Gasteiger charge is 2.24. The van der Waals surface area contributed by atoms with Crippen molar-refractivity contribution in [1.29, 1.82) is 0 Å². The fraction of sp³-hybridized carbons (Fsp3) is 0.318. The normalized spacial score (nSPS) is 16.7. The van der Waals surface area contributed by atoms with Gasteiger partial charge in [-0.2, -0.15) is 0 Å². The molecule has 0 unspecified atom stereocenters. The van der Waals surface area contributed by atoms with Crippen LogP contribution in [0, 0.1) is 6.92 Å². The zero-order valence-corrected chi connectivity index (χ0v) is 16.4. The SMILES string of the molecule is Cc1cn2cc(C(=O)N3CCN(c4ccc5c(c4)CCC(=O)N5)CC3)ccc2n1. The Labute approximate surface area is 168 Å². The van der Waals surface area contributed by atoms with Gasteiger partial charge in [-0.15, -0.1) is 0 Å². The van der Waals surface area contributed by atoms with Gasteiger partial charge >= 0.3 is 0 Å². The van der Waals surface area contributed by atoms with E-state index in [0.717, 1.165) is 42.2 Å². The van der Waals surface area contributed by atoms with Crippen LogP contribution in [0.5, 0.6) is 0 Å². The lowest BCUT2D eigenvalue weighted by molar-refractivity contribution is -0.116. The molecule has 148 valence electrons. The maximum absolute atomic E-state index is 12.9. The van der Waals surface area contributed by atoms with Crippen molar-refractivity contribution < 1.29 is 9.59 Å². The molecule has 0 aliphatic carbocycles. The fourth-order valence-corrected chi connectivity index (χ4v) is 4.16. The zero-order chi connectivity index (χ0) is 20.0. The number of carbonyl (C=O) groups is 2. The third-order valence-electron chi connectivity index (χ3n) is 5.73. The number of imidazole rings is 1. The Hall–Kier alpha value is -3.35. The molecule has 7 nitrogen and oxygen atoms in total. The topological polar surface area (TPSA) is 70.0 Å². The molecule has 0 radical (unpaired) electrons. The number of nitrogens with one attached hydrogen (secondary N) is 1. The van der Waals surface area contributed by atoms with Gasteiger partial charge in [-0.1, -0.05) is 0 Å². The van der Waals surface area contributed by atoms with E-state index >= 15 is 0 Å². The van der Waals surface area contributed by atoms with E-state index in [1.54, 1.807) is 0 Å². The average Bonchev–Trinajstić information content (AvgIpc) is 3.12. The minimum atomic E-state index is 0.0612. The Balaban J connectivity index is 1.27. The van der Waals surface area contributed by atoms with Crippen LogP contribution in [0.1, 0.15) is 28.0 Å². The van der Waals surface area contributed by atoms with Gasteiger partial charge in [-0.05, 0) is 49.2 Å². The average molecular weight is 389 g/mol. The number of aromatic nitrogens is 2. The molecule has 0 atom stereocenters. The largest absolute Gasteiger partial charge is 0.368 e. The molecule has 1 N–H and O–H groups in total. The molecular formula is C22H23N5O2. The maximum Gasteiger partial charge on any atom is 0.255 e. The Kier molecular flexibility index (Phi) is 4.23. The van der Waals surface area contributed by atoms with Gasteiger partial charge < -0.3 is 19.5 Å². The first-order valence-corrected chi connectivity index (χ1v) is 9.99. The summed E-state index contributed by atoms with van der Waals surface area (Å²) in [6.45, 7) is 4.91. The van der Waals surface area contributed by atoms with Crippen LogP contribution in [0.3, 0.4) is 0 Å². The molecule has 2 aliphatic heterocycles. The predicted molar refractivity (Wildman–Crippen MR) is 111 cm³/mol. The molecule has 0 saturated carbocycles. The minimum absolute atomic E-state index is 0.0612. The molecule has 3 aromatic rings. The Morgan fingerprint density at radius 3 is 2.69 bits per heavy atom. The molecule has 2 aromatic heterocycles. The van der Waals surface area contributed by atoms with Crippen LogP contribution < -0.4 is 10.2 Å². The second-order valence-electron chi connectivity index (χ2n) is 7.73. The minimum Gasteiger partial charge on any atom is -0.368 e. The quantitative estimate of drug-likeness (QED) is 0.731. The number of rotatable bonds is 2. The van der Waals surface area contributed by atoms with Gasteiger partial charge in [-0.25, -0.2) is 4.98 Å². The highest BCUT2D eigenvalue weighted by Crippen LogP contribution is 2.28. The van der Waals surface area contributed by atoms with Crippen molar-refractivity contribution in [2.24, 2.45) is 0 Å². The fourth-order valence-electron chi connectivity index (χ4n) is 4.16. The van der Waals surface area contributed by atoms with Gasteiger partial charge in [0.05, 0.1) is 11.3 Å². The van der Waals surface area contributed by atoms with Crippen LogP contribution in [0.25, 0.3) is 5.65 Å². The first kappa shape index (κ1) is 17.7. The van der Waals surface area contributed by atoms with Crippen LogP contribution in [0.2, 0.25) is 0 Å². The summed E-state index contributed by atoms with van der Waals surface area (Å²) in [5.74, 6) is 0.146. The van der Waals surface area contributed by atoms with E-state index in [-0.39, 0.29) is 11.8 Å². The van der Waals surface area contributed by atoms with Crippen LogP contribution in [0.15, 0.2) is 42.7 Å². The van der Waals surface area contributed by atoms with Crippen LogP contribution >= 0.6 is 0 Å². The summed E-state index contributed by atoms with van der Waals surface area (Å²) < 4.78 is 1.91. The number of nitrogens with zero attached hydrogens (tertiary/aromatic N) is 4. The van der Waals surface area contributed by atoms with E-state index in [1.165, 1.54) is 5.56 Å². The highest BCUT2D eigenvalue weighted by atomic mass is 16.2. The molecule has 0 bridgehead atoms. The van der Waals surface area contributed by atoms with E-state index in [4.69, 9.17) is 0 Å². The number of hydrogen-bond acceptors (Lipinski definition) is 4. The van der Waals surface area contributed by atoms with Gasteiger partial charge in [0.15, 0.2) is 0 Å². The molecule has 2 amide bonds. The lowest BCUT2D eigenvalue weighted by atomic mass is 10.0. The number of pyridine rings is 1. The monoisotopic (exact) mass is 389 g/mol. The predicted octanol–water partition coefficient (Wildman–Crippen LogP) is 2.49. The summed E-state index contributed by atoms with van der Waals surface area (Å²) in [5, 5.41) is 2.93. The third kappa shape index (κ3) is 3.33. The van der Waals surface area contributed by atoms with Crippen molar-refractivity contribution >= 4 is 28.8 Å². The van der Waals surface area contributed by atoms with Crippen molar-refractivity contribution in [3.63, 3.8) is 0 Å². The first-order valence-electron chi connectivity index (χ1n) is 9.99. The number of hydrogen-bond donors (Lipinski definition) is 1. The Morgan fingerprint density at radius 2 is 1.86 bits per heavy atom. The Bertz CT molecular complexity index is 1110. The lowest BCUT2D eigenvalue weighted by Gasteiger charge is -2.36. The molecule has 5 rings (SSSR count).